The van der Waals surface area contributed by atoms with Crippen molar-refractivity contribution in [1.29, 1.82) is 0 Å². The molecular formula is C17H24FNO2. The molecule has 3 nitrogen and oxygen atoms in total. The molecule has 0 saturated carbocycles. The number of anilines is 1. The number of halogens is 1. The maximum atomic E-state index is 13.0. The summed E-state index contributed by atoms with van der Waals surface area (Å²) in [5.74, 6) is 0.467. The Kier molecular flexibility index (Phi) is 4.45. The van der Waals surface area contributed by atoms with Gasteiger partial charge in [-0.15, -0.1) is 0 Å². The predicted molar refractivity (Wildman–Crippen MR) is 81.1 cm³/mol. The number of nitrogens with zero attached hydrogens (tertiary/aromatic N) is 1. The summed E-state index contributed by atoms with van der Waals surface area (Å²) < 4.78 is 24.3. The highest BCUT2D eigenvalue weighted by atomic mass is 19.1. The zero-order chi connectivity index (χ0) is 14.7. The predicted octanol–water partition coefficient (Wildman–Crippen LogP) is 3.24. The Morgan fingerprint density at radius 3 is 2.67 bits per heavy atom. The molecule has 2 fully saturated rings. The first kappa shape index (κ1) is 14.8. The quantitative estimate of drug-likeness (QED) is 0.850. The van der Waals surface area contributed by atoms with Gasteiger partial charge in [-0.3, -0.25) is 0 Å². The molecule has 1 aromatic carbocycles. The van der Waals surface area contributed by atoms with Crippen molar-refractivity contribution in [3.63, 3.8) is 0 Å². The van der Waals surface area contributed by atoms with Crippen molar-refractivity contribution in [2.45, 2.75) is 31.3 Å². The van der Waals surface area contributed by atoms with Crippen molar-refractivity contribution in [2.75, 3.05) is 38.3 Å². The van der Waals surface area contributed by atoms with Crippen LogP contribution < -0.4 is 4.90 Å². The van der Waals surface area contributed by atoms with E-state index in [1.54, 1.807) is 7.11 Å². The molecular weight excluding hydrogens is 269 g/mol. The van der Waals surface area contributed by atoms with Crippen LogP contribution in [-0.2, 0) is 9.47 Å². The molecule has 2 heterocycles. The molecule has 0 N–H and O–H groups in total. The van der Waals surface area contributed by atoms with Crippen molar-refractivity contribution >= 4 is 5.69 Å². The number of hydrogen-bond donors (Lipinski definition) is 0. The van der Waals surface area contributed by atoms with E-state index in [2.05, 4.69) is 4.90 Å². The standard InChI is InChI=1S/C17H24FNO2/c1-20-11-6-14-12-17(21-13-14)7-9-19(10-8-17)16-4-2-15(18)3-5-16/h2-5,14H,6-13H2,1H3. The molecule has 0 amide bonds. The lowest BCUT2D eigenvalue weighted by molar-refractivity contribution is -0.0154. The topological polar surface area (TPSA) is 21.7 Å². The molecule has 0 bridgehead atoms. The lowest BCUT2D eigenvalue weighted by atomic mass is 9.84. The van der Waals surface area contributed by atoms with Crippen molar-refractivity contribution in [3.05, 3.63) is 30.1 Å². The summed E-state index contributed by atoms with van der Waals surface area (Å²) in [6.07, 6.45) is 4.38. The number of piperidine rings is 1. The largest absolute Gasteiger partial charge is 0.385 e. The summed E-state index contributed by atoms with van der Waals surface area (Å²) in [4.78, 5) is 2.33. The van der Waals surface area contributed by atoms with Gasteiger partial charge in [0.05, 0.1) is 12.2 Å². The van der Waals surface area contributed by atoms with Gasteiger partial charge in [0.25, 0.3) is 0 Å². The van der Waals surface area contributed by atoms with Crippen LogP contribution in [-0.4, -0.2) is 39.0 Å². The molecule has 1 atom stereocenters. The van der Waals surface area contributed by atoms with Gasteiger partial charge in [-0.1, -0.05) is 0 Å². The molecule has 2 aliphatic heterocycles. The van der Waals surface area contributed by atoms with Gasteiger partial charge >= 0.3 is 0 Å². The van der Waals surface area contributed by atoms with E-state index in [4.69, 9.17) is 9.47 Å². The van der Waals surface area contributed by atoms with Crippen LogP contribution >= 0.6 is 0 Å². The average molecular weight is 293 g/mol. The highest BCUT2D eigenvalue weighted by Crippen LogP contribution is 2.40. The normalized spacial score (nSPS) is 24.7. The SMILES string of the molecule is COCCC1COC2(CCN(c3ccc(F)cc3)CC2)C1. The second kappa shape index (κ2) is 6.32. The van der Waals surface area contributed by atoms with Gasteiger partial charge in [0.2, 0.25) is 0 Å². The third kappa shape index (κ3) is 3.38. The van der Waals surface area contributed by atoms with E-state index in [1.807, 2.05) is 12.1 Å². The first-order valence-electron chi connectivity index (χ1n) is 7.84. The fourth-order valence-electron chi connectivity index (χ4n) is 3.58. The van der Waals surface area contributed by atoms with Gasteiger partial charge in [0.1, 0.15) is 5.82 Å². The lowest BCUT2D eigenvalue weighted by Crippen LogP contribution is -2.44. The monoisotopic (exact) mass is 293 g/mol. The first-order chi connectivity index (χ1) is 10.2. The van der Waals surface area contributed by atoms with Crippen LogP contribution in [0.1, 0.15) is 25.7 Å². The summed E-state index contributed by atoms with van der Waals surface area (Å²) in [7, 11) is 1.76. The van der Waals surface area contributed by atoms with E-state index >= 15 is 0 Å². The summed E-state index contributed by atoms with van der Waals surface area (Å²) >= 11 is 0. The number of methoxy groups -OCH3 is 1. The first-order valence-corrected chi connectivity index (χ1v) is 7.84. The van der Waals surface area contributed by atoms with E-state index in [9.17, 15) is 4.39 Å². The van der Waals surface area contributed by atoms with Crippen LogP contribution in [0.25, 0.3) is 0 Å². The number of hydrogen-bond acceptors (Lipinski definition) is 3. The van der Waals surface area contributed by atoms with Gasteiger partial charge in [0.15, 0.2) is 0 Å². The minimum Gasteiger partial charge on any atom is -0.385 e. The zero-order valence-electron chi connectivity index (χ0n) is 12.7. The summed E-state index contributed by atoms with van der Waals surface area (Å²) in [5, 5.41) is 0. The third-order valence-electron chi connectivity index (χ3n) is 4.88. The molecule has 1 aromatic rings. The van der Waals surface area contributed by atoms with Gasteiger partial charge in [-0.05, 0) is 55.9 Å². The molecule has 0 aromatic heterocycles. The molecule has 1 unspecified atom stereocenters. The third-order valence-corrected chi connectivity index (χ3v) is 4.88. The molecule has 2 saturated heterocycles. The second-order valence-electron chi connectivity index (χ2n) is 6.31. The van der Waals surface area contributed by atoms with Gasteiger partial charge < -0.3 is 14.4 Å². The molecule has 1 spiro atoms. The van der Waals surface area contributed by atoms with E-state index in [0.29, 0.717) is 5.92 Å². The zero-order valence-corrected chi connectivity index (χ0v) is 12.7. The number of benzene rings is 1. The van der Waals surface area contributed by atoms with Crippen molar-refractivity contribution in [2.24, 2.45) is 5.92 Å². The second-order valence-corrected chi connectivity index (χ2v) is 6.31. The average Bonchev–Trinajstić information content (AvgIpc) is 2.90. The Bertz CT molecular complexity index is 454. The van der Waals surface area contributed by atoms with E-state index in [0.717, 1.165) is 57.7 Å². The van der Waals surface area contributed by atoms with Crippen LogP contribution in [0.3, 0.4) is 0 Å². The Labute approximate surface area is 126 Å². The maximum Gasteiger partial charge on any atom is 0.123 e. The number of ether oxygens (including phenoxy) is 2. The number of rotatable bonds is 4. The van der Waals surface area contributed by atoms with Crippen molar-refractivity contribution in [3.8, 4) is 0 Å². The minimum absolute atomic E-state index is 0.0783. The Morgan fingerprint density at radius 2 is 2.00 bits per heavy atom. The van der Waals surface area contributed by atoms with Gasteiger partial charge in [0, 0.05) is 32.5 Å². The molecule has 21 heavy (non-hydrogen) atoms. The van der Waals surface area contributed by atoms with Crippen LogP contribution in [0, 0.1) is 11.7 Å². The van der Waals surface area contributed by atoms with E-state index in [-0.39, 0.29) is 11.4 Å². The van der Waals surface area contributed by atoms with Gasteiger partial charge in [-0.2, -0.15) is 0 Å². The molecule has 116 valence electrons. The van der Waals surface area contributed by atoms with Crippen LogP contribution in [0.5, 0.6) is 0 Å². The maximum absolute atomic E-state index is 13.0. The Morgan fingerprint density at radius 1 is 1.29 bits per heavy atom. The van der Waals surface area contributed by atoms with Crippen LogP contribution in [0.4, 0.5) is 10.1 Å². The fourth-order valence-corrected chi connectivity index (χ4v) is 3.58. The Balaban J connectivity index is 1.54. The molecule has 0 radical (unpaired) electrons. The lowest BCUT2D eigenvalue weighted by Gasteiger charge is -2.39. The van der Waals surface area contributed by atoms with Crippen LogP contribution in [0.2, 0.25) is 0 Å². The summed E-state index contributed by atoms with van der Waals surface area (Å²) in [6, 6.07) is 6.80. The molecule has 0 aliphatic carbocycles. The van der Waals surface area contributed by atoms with Crippen molar-refractivity contribution < 1.29 is 13.9 Å². The molecule has 3 rings (SSSR count). The van der Waals surface area contributed by atoms with E-state index < -0.39 is 0 Å². The highest BCUT2D eigenvalue weighted by molar-refractivity contribution is 5.46. The smallest absolute Gasteiger partial charge is 0.123 e. The minimum atomic E-state index is -0.174. The molecule has 4 heteroatoms. The van der Waals surface area contributed by atoms with Crippen molar-refractivity contribution in [1.82, 2.24) is 0 Å². The molecule has 2 aliphatic rings. The van der Waals surface area contributed by atoms with Crippen LogP contribution in [0.15, 0.2) is 24.3 Å². The summed E-state index contributed by atoms with van der Waals surface area (Å²) in [6.45, 7) is 3.68. The van der Waals surface area contributed by atoms with E-state index in [1.165, 1.54) is 12.1 Å². The van der Waals surface area contributed by atoms with Gasteiger partial charge in [-0.25, -0.2) is 4.39 Å². The summed E-state index contributed by atoms with van der Waals surface area (Å²) in [5.41, 5.74) is 1.19. The fraction of sp³-hybridized carbons (Fsp3) is 0.647. The highest BCUT2D eigenvalue weighted by Gasteiger charge is 2.42. The Hall–Kier alpha value is -1.13.